The fourth-order valence-electron chi connectivity index (χ4n) is 5.55. The highest BCUT2D eigenvalue weighted by Gasteiger charge is 2.40. The number of aromatic amines is 1. The zero-order chi connectivity index (χ0) is 23.2. The maximum absolute atomic E-state index is 13.0. The third-order valence-corrected chi connectivity index (χ3v) is 8.36. The Bertz CT molecular complexity index is 1480. The number of H-pyrrole nitrogens is 1. The Balaban J connectivity index is 0.00000253. The summed E-state index contributed by atoms with van der Waals surface area (Å²) in [5, 5.41) is 0.932. The minimum absolute atomic E-state index is 0. The van der Waals surface area contributed by atoms with Gasteiger partial charge in [-0.3, -0.25) is 9.36 Å². The van der Waals surface area contributed by atoms with Crippen LogP contribution in [0.15, 0.2) is 52.1 Å². The van der Waals surface area contributed by atoms with Crippen molar-refractivity contribution in [2.24, 2.45) is 5.92 Å². The van der Waals surface area contributed by atoms with E-state index in [2.05, 4.69) is 9.88 Å². The molecular formula is C26H28ClN3O4S. The predicted molar refractivity (Wildman–Crippen MR) is 142 cm³/mol. The standard InChI is InChI=1S/C26H27N3O4S.ClH/c1-32-19-8-6-9-20-22(19)18-14-28(13-16(18)15-33-20)11-4-5-12-29-25(30)24-23(27-26(29)31)17-7-2-3-10-21(17)34-24;/h2-3,6-10,16,18H,4-5,11-15H2,1H3,(H,27,31);1H/t16-,18+;/m0./s1. The zero-order valence-electron chi connectivity index (χ0n) is 19.5. The number of hydrogen-bond donors (Lipinski definition) is 1. The fourth-order valence-corrected chi connectivity index (χ4v) is 6.65. The molecular weight excluding hydrogens is 486 g/mol. The number of thiophene rings is 1. The largest absolute Gasteiger partial charge is 0.496 e. The van der Waals surface area contributed by atoms with Gasteiger partial charge in [-0.1, -0.05) is 24.3 Å². The minimum atomic E-state index is -0.325. The lowest BCUT2D eigenvalue weighted by Crippen LogP contribution is -2.34. The van der Waals surface area contributed by atoms with Crippen molar-refractivity contribution in [1.29, 1.82) is 0 Å². The Hall–Kier alpha value is -2.81. The first kappa shape index (κ1) is 23.9. The summed E-state index contributed by atoms with van der Waals surface area (Å²) in [5.74, 6) is 2.73. The Morgan fingerprint density at radius 1 is 1.09 bits per heavy atom. The van der Waals surface area contributed by atoms with Gasteiger partial charge in [0.15, 0.2) is 0 Å². The maximum atomic E-state index is 13.0. The van der Waals surface area contributed by atoms with Crippen LogP contribution in [-0.2, 0) is 6.54 Å². The maximum Gasteiger partial charge on any atom is 0.328 e. The van der Waals surface area contributed by atoms with Crippen molar-refractivity contribution in [2.45, 2.75) is 25.3 Å². The molecule has 4 aromatic rings. The number of fused-ring (bicyclic) bond motifs is 6. The lowest BCUT2D eigenvalue weighted by atomic mass is 9.86. The van der Waals surface area contributed by atoms with Crippen LogP contribution in [0.1, 0.15) is 24.3 Å². The van der Waals surface area contributed by atoms with Crippen LogP contribution in [0.3, 0.4) is 0 Å². The van der Waals surface area contributed by atoms with Crippen molar-refractivity contribution in [3.63, 3.8) is 0 Å². The molecule has 2 aliphatic rings. The number of unbranched alkanes of at least 4 members (excludes halogenated alkanes) is 1. The summed E-state index contributed by atoms with van der Waals surface area (Å²) in [4.78, 5) is 31.1. The van der Waals surface area contributed by atoms with E-state index >= 15 is 0 Å². The highest BCUT2D eigenvalue weighted by atomic mass is 35.5. The van der Waals surface area contributed by atoms with Crippen LogP contribution in [0.5, 0.6) is 11.5 Å². The third kappa shape index (κ3) is 4.13. The number of rotatable bonds is 6. The molecule has 1 saturated heterocycles. The molecule has 1 fully saturated rings. The van der Waals surface area contributed by atoms with E-state index in [1.165, 1.54) is 21.5 Å². The molecule has 0 bridgehead atoms. The molecule has 6 rings (SSSR count). The molecule has 0 saturated carbocycles. The van der Waals surface area contributed by atoms with Gasteiger partial charge < -0.3 is 19.4 Å². The summed E-state index contributed by atoms with van der Waals surface area (Å²) in [6, 6.07) is 13.8. The number of nitrogens with zero attached hydrogens (tertiary/aromatic N) is 2. The normalized spacial score (nSPS) is 19.2. The molecule has 0 radical (unpaired) electrons. The van der Waals surface area contributed by atoms with Crippen molar-refractivity contribution in [2.75, 3.05) is 33.4 Å². The number of methoxy groups -OCH3 is 1. The van der Waals surface area contributed by atoms with E-state index in [-0.39, 0.29) is 23.7 Å². The SMILES string of the molecule is COc1cccc2c1[C@@H]1CN(CCCCn3c(=O)[nH]c4c(sc5ccccc54)c3=O)C[C@H]1CO2.Cl. The van der Waals surface area contributed by atoms with E-state index in [0.29, 0.717) is 28.6 Å². The van der Waals surface area contributed by atoms with E-state index < -0.39 is 0 Å². The van der Waals surface area contributed by atoms with Gasteiger partial charge in [0.1, 0.15) is 16.2 Å². The summed E-state index contributed by atoms with van der Waals surface area (Å²) in [7, 11) is 1.71. The van der Waals surface area contributed by atoms with Crippen LogP contribution >= 0.6 is 23.7 Å². The Labute approximate surface area is 212 Å². The predicted octanol–water partition coefficient (Wildman–Crippen LogP) is 4.22. The van der Waals surface area contributed by atoms with Crippen LogP contribution in [-0.4, -0.2) is 47.8 Å². The van der Waals surface area contributed by atoms with Crippen LogP contribution in [0.2, 0.25) is 0 Å². The van der Waals surface area contributed by atoms with Gasteiger partial charge in [0.2, 0.25) is 0 Å². The summed E-state index contributed by atoms with van der Waals surface area (Å²) < 4.78 is 14.6. The number of benzene rings is 2. The molecule has 1 N–H and O–H groups in total. The first-order valence-corrected chi connectivity index (χ1v) is 12.6. The lowest BCUT2D eigenvalue weighted by Gasteiger charge is -2.29. The highest BCUT2D eigenvalue weighted by molar-refractivity contribution is 7.25. The van der Waals surface area contributed by atoms with Crippen molar-refractivity contribution < 1.29 is 9.47 Å². The number of ether oxygens (including phenoxy) is 2. The zero-order valence-corrected chi connectivity index (χ0v) is 21.1. The van der Waals surface area contributed by atoms with Gasteiger partial charge in [-0.15, -0.1) is 23.7 Å². The van der Waals surface area contributed by atoms with Crippen LogP contribution in [0.4, 0.5) is 0 Å². The van der Waals surface area contributed by atoms with Crippen LogP contribution in [0.25, 0.3) is 20.3 Å². The molecule has 9 heteroatoms. The molecule has 0 aliphatic carbocycles. The molecule has 35 heavy (non-hydrogen) atoms. The molecule has 2 atom stereocenters. The van der Waals surface area contributed by atoms with E-state index in [1.807, 2.05) is 42.5 Å². The first-order valence-electron chi connectivity index (χ1n) is 11.8. The second-order valence-corrected chi connectivity index (χ2v) is 10.3. The molecule has 184 valence electrons. The highest BCUT2D eigenvalue weighted by Crippen LogP contribution is 2.46. The molecule has 7 nitrogen and oxygen atoms in total. The van der Waals surface area contributed by atoms with Gasteiger partial charge in [0, 0.05) is 47.1 Å². The van der Waals surface area contributed by atoms with Crippen molar-refractivity contribution in [3.8, 4) is 11.5 Å². The van der Waals surface area contributed by atoms with Gasteiger partial charge in [-0.2, -0.15) is 0 Å². The Morgan fingerprint density at radius 3 is 2.77 bits per heavy atom. The van der Waals surface area contributed by atoms with E-state index in [4.69, 9.17) is 9.47 Å². The summed E-state index contributed by atoms with van der Waals surface area (Å²) in [5.41, 5.74) is 1.34. The first-order chi connectivity index (χ1) is 16.6. The monoisotopic (exact) mass is 513 g/mol. The number of aromatic nitrogens is 2. The number of likely N-dealkylation sites (tertiary alicyclic amines) is 1. The Morgan fingerprint density at radius 2 is 1.91 bits per heavy atom. The lowest BCUT2D eigenvalue weighted by molar-refractivity contribution is 0.209. The molecule has 0 amide bonds. The molecule has 2 aromatic heterocycles. The van der Waals surface area contributed by atoms with Crippen molar-refractivity contribution in [3.05, 3.63) is 68.9 Å². The van der Waals surface area contributed by atoms with Crippen LogP contribution in [0, 0.1) is 5.92 Å². The Kier molecular flexibility index (Phi) is 6.61. The number of halogens is 1. The van der Waals surface area contributed by atoms with E-state index in [0.717, 1.165) is 60.7 Å². The molecule has 2 aliphatic heterocycles. The van der Waals surface area contributed by atoms with Crippen molar-refractivity contribution in [1.82, 2.24) is 14.5 Å². The average molecular weight is 514 g/mol. The molecule has 4 heterocycles. The molecule has 2 aromatic carbocycles. The quantitative estimate of drug-likeness (QED) is 0.391. The van der Waals surface area contributed by atoms with Gasteiger partial charge in [0.25, 0.3) is 5.56 Å². The van der Waals surface area contributed by atoms with Crippen LogP contribution < -0.4 is 20.7 Å². The smallest absolute Gasteiger partial charge is 0.328 e. The molecule has 0 unspecified atom stereocenters. The summed E-state index contributed by atoms with van der Waals surface area (Å²) in [6.07, 6.45) is 1.71. The van der Waals surface area contributed by atoms with Crippen molar-refractivity contribution >= 4 is 44.0 Å². The fraction of sp³-hybridized carbons (Fsp3) is 0.385. The molecule has 0 spiro atoms. The van der Waals surface area contributed by atoms with Gasteiger partial charge >= 0.3 is 5.69 Å². The van der Waals surface area contributed by atoms with Gasteiger partial charge in [0.05, 0.1) is 19.2 Å². The number of hydrogen-bond acceptors (Lipinski definition) is 6. The van der Waals surface area contributed by atoms with E-state index in [9.17, 15) is 9.59 Å². The number of nitrogens with one attached hydrogen (secondary N) is 1. The summed E-state index contributed by atoms with van der Waals surface area (Å²) >= 11 is 1.45. The van der Waals surface area contributed by atoms with E-state index in [1.54, 1.807) is 7.11 Å². The van der Waals surface area contributed by atoms with Gasteiger partial charge in [-0.05, 0) is 37.6 Å². The summed E-state index contributed by atoms with van der Waals surface area (Å²) in [6.45, 7) is 4.08. The topological polar surface area (TPSA) is 76.6 Å². The van der Waals surface area contributed by atoms with Gasteiger partial charge in [-0.25, -0.2) is 4.79 Å². The average Bonchev–Trinajstić information content (AvgIpc) is 3.44. The third-order valence-electron chi connectivity index (χ3n) is 7.20. The minimum Gasteiger partial charge on any atom is -0.496 e. The second kappa shape index (κ2) is 9.68. The second-order valence-electron chi connectivity index (χ2n) is 9.21.